The van der Waals surface area contributed by atoms with Crippen molar-refractivity contribution in [3.63, 3.8) is 0 Å². The minimum absolute atomic E-state index is 0.128. The van der Waals surface area contributed by atoms with Crippen LogP contribution in [0.2, 0.25) is 0 Å². The molecule has 0 bridgehead atoms. The molecule has 18 heavy (non-hydrogen) atoms. The van der Waals surface area contributed by atoms with E-state index in [2.05, 4.69) is 43.1 Å². The SMILES string of the molecule is CC[C@H](N)c1ccccc1N(C)C1CCOCC1. The van der Waals surface area contributed by atoms with E-state index < -0.39 is 0 Å². The van der Waals surface area contributed by atoms with Crippen molar-refractivity contribution in [2.75, 3.05) is 25.2 Å². The van der Waals surface area contributed by atoms with E-state index in [9.17, 15) is 0 Å². The van der Waals surface area contributed by atoms with Gasteiger partial charge < -0.3 is 15.4 Å². The van der Waals surface area contributed by atoms with Crippen LogP contribution < -0.4 is 10.6 Å². The van der Waals surface area contributed by atoms with Gasteiger partial charge in [-0.05, 0) is 30.9 Å². The summed E-state index contributed by atoms with van der Waals surface area (Å²) >= 11 is 0. The number of nitrogens with two attached hydrogens (primary N) is 1. The lowest BCUT2D eigenvalue weighted by molar-refractivity contribution is 0.0854. The molecule has 1 aromatic carbocycles. The number of hydrogen-bond acceptors (Lipinski definition) is 3. The molecular formula is C15H24N2O. The van der Waals surface area contributed by atoms with Gasteiger partial charge in [0.1, 0.15) is 0 Å². The highest BCUT2D eigenvalue weighted by Crippen LogP contribution is 2.29. The molecule has 3 heteroatoms. The Kier molecular flexibility index (Phi) is 4.61. The van der Waals surface area contributed by atoms with Gasteiger partial charge in [0.2, 0.25) is 0 Å². The minimum Gasteiger partial charge on any atom is -0.381 e. The smallest absolute Gasteiger partial charge is 0.0485 e. The van der Waals surface area contributed by atoms with Crippen LogP contribution in [0, 0.1) is 0 Å². The van der Waals surface area contributed by atoms with E-state index in [1.165, 1.54) is 11.3 Å². The summed E-state index contributed by atoms with van der Waals surface area (Å²) in [5.74, 6) is 0. The molecule has 1 aliphatic rings. The van der Waals surface area contributed by atoms with Crippen LogP contribution in [0.25, 0.3) is 0 Å². The second-order valence-corrected chi connectivity index (χ2v) is 5.03. The van der Waals surface area contributed by atoms with Crippen molar-refractivity contribution in [2.45, 2.75) is 38.3 Å². The number of benzene rings is 1. The molecule has 0 amide bonds. The Morgan fingerprint density at radius 2 is 2.00 bits per heavy atom. The molecule has 100 valence electrons. The lowest BCUT2D eigenvalue weighted by atomic mass is 10.00. The largest absolute Gasteiger partial charge is 0.381 e. The maximum absolute atomic E-state index is 6.21. The Hall–Kier alpha value is -1.06. The van der Waals surface area contributed by atoms with E-state index in [0.29, 0.717) is 6.04 Å². The van der Waals surface area contributed by atoms with E-state index in [0.717, 1.165) is 32.5 Å². The first kappa shape index (κ1) is 13.4. The second kappa shape index (κ2) is 6.21. The normalized spacial score (nSPS) is 18.6. The molecule has 1 aliphatic heterocycles. The Bertz CT molecular complexity index is 375. The fourth-order valence-corrected chi connectivity index (χ4v) is 2.61. The molecule has 0 unspecified atom stereocenters. The lowest BCUT2D eigenvalue weighted by Gasteiger charge is -2.34. The summed E-state index contributed by atoms with van der Waals surface area (Å²) in [5.41, 5.74) is 8.75. The van der Waals surface area contributed by atoms with E-state index in [1.54, 1.807) is 0 Å². The van der Waals surface area contributed by atoms with Gasteiger partial charge in [-0.1, -0.05) is 25.1 Å². The summed E-state index contributed by atoms with van der Waals surface area (Å²) in [5, 5.41) is 0. The summed E-state index contributed by atoms with van der Waals surface area (Å²) in [4.78, 5) is 2.38. The van der Waals surface area contributed by atoms with Crippen molar-refractivity contribution in [2.24, 2.45) is 5.73 Å². The number of ether oxygens (including phenoxy) is 1. The van der Waals surface area contributed by atoms with Crippen LogP contribution in [0.1, 0.15) is 37.8 Å². The molecule has 2 N–H and O–H groups in total. The summed E-state index contributed by atoms with van der Waals surface area (Å²) in [6, 6.07) is 9.20. The van der Waals surface area contributed by atoms with E-state index >= 15 is 0 Å². The number of hydrogen-bond donors (Lipinski definition) is 1. The number of rotatable bonds is 4. The van der Waals surface area contributed by atoms with Crippen molar-refractivity contribution < 1.29 is 4.74 Å². The molecule has 2 rings (SSSR count). The molecular weight excluding hydrogens is 224 g/mol. The van der Waals surface area contributed by atoms with Gasteiger partial charge in [-0.3, -0.25) is 0 Å². The zero-order valence-electron chi connectivity index (χ0n) is 11.4. The van der Waals surface area contributed by atoms with Crippen LogP contribution in [-0.4, -0.2) is 26.3 Å². The molecule has 0 saturated carbocycles. The van der Waals surface area contributed by atoms with Crippen LogP contribution in [0.5, 0.6) is 0 Å². The molecule has 0 aromatic heterocycles. The van der Waals surface area contributed by atoms with Crippen molar-refractivity contribution in [1.82, 2.24) is 0 Å². The topological polar surface area (TPSA) is 38.5 Å². The maximum Gasteiger partial charge on any atom is 0.0485 e. The van der Waals surface area contributed by atoms with Gasteiger partial charge in [0.25, 0.3) is 0 Å². The summed E-state index contributed by atoms with van der Waals surface area (Å²) in [6.07, 6.45) is 3.18. The molecule has 1 atom stereocenters. The van der Waals surface area contributed by atoms with Crippen LogP contribution in [0.3, 0.4) is 0 Å². The Morgan fingerprint density at radius 3 is 2.67 bits per heavy atom. The van der Waals surface area contributed by atoms with Crippen molar-refractivity contribution in [1.29, 1.82) is 0 Å². The Labute approximate surface area is 110 Å². The van der Waals surface area contributed by atoms with Gasteiger partial charge in [-0.25, -0.2) is 0 Å². The predicted molar refractivity (Wildman–Crippen MR) is 75.9 cm³/mol. The standard InChI is InChI=1S/C15H24N2O/c1-3-14(16)13-6-4-5-7-15(13)17(2)12-8-10-18-11-9-12/h4-7,12,14H,3,8-11,16H2,1-2H3/t14-/m0/s1. The van der Waals surface area contributed by atoms with Crippen LogP contribution in [0.4, 0.5) is 5.69 Å². The summed E-state index contributed by atoms with van der Waals surface area (Å²) in [7, 11) is 2.18. The molecule has 1 aromatic rings. The number of para-hydroxylation sites is 1. The minimum atomic E-state index is 0.128. The number of nitrogens with zero attached hydrogens (tertiary/aromatic N) is 1. The van der Waals surface area contributed by atoms with Crippen molar-refractivity contribution in [3.05, 3.63) is 29.8 Å². The van der Waals surface area contributed by atoms with Crippen molar-refractivity contribution in [3.8, 4) is 0 Å². The third kappa shape index (κ3) is 2.85. The van der Waals surface area contributed by atoms with Gasteiger partial charge in [0.15, 0.2) is 0 Å². The van der Waals surface area contributed by atoms with Gasteiger partial charge in [-0.2, -0.15) is 0 Å². The summed E-state index contributed by atoms with van der Waals surface area (Å²) < 4.78 is 5.43. The van der Waals surface area contributed by atoms with Gasteiger partial charge >= 0.3 is 0 Å². The lowest BCUT2D eigenvalue weighted by Crippen LogP contribution is -2.37. The molecule has 1 saturated heterocycles. The first-order chi connectivity index (χ1) is 8.74. The highest BCUT2D eigenvalue weighted by molar-refractivity contribution is 5.55. The predicted octanol–water partition coefficient (Wildman–Crippen LogP) is 2.71. The van der Waals surface area contributed by atoms with Crippen LogP contribution >= 0.6 is 0 Å². The fourth-order valence-electron chi connectivity index (χ4n) is 2.61. The van der Waals surface area contributed by atoms with Crippen LogP contribution in [0.15, 0.2) is 24.3 Å². The average molecular weight is 248 g/mol. The molecule has 0 radical (unpaired) electrons. The first-order valence-corrected chi connectivity index (χ1v) is 6.89. The maximum atomic E-state index is 6.21. The Balaban J connectivity index is 2.20. The quantitative estimate of drug-likeness (QED) is 0.890. The Morgan fingerprint density at radius 1 is 1.33 bits per heavy atom. The fraction of sp³-hybridized carbons (Fsp3) is 0.600. The van der Waals surface area contributed by atoms with E-state index in [4.69, 9.17) is 10.5 Å². The second-order valence-electron chi connectivity index (χ2n) is 5.03. The molecule has 1 heterocycles. The average Bonchev–Trinajstić information content (AvgIpc) is 2.46. The molecule has 3 nitrogen and oxygen atoms in total. The highest BCUT2D eigenvalue weighted by atomic mass is 16.5. The van der Waals surface area contributed by atoms with Gasteiger partial charge in [0, 0.05) is 38.0 Å². The van der Waals surface area contributed by atoms with Crippen molar-refractivity contribution >= 4 is 5.69 Å². The monoisotopic (exact) mass is 248 g/mol. The highest BCUT2D eigenvalue weighted by Gasteiger charge is 2.21. The van der Waals surface area contributed by atoms with Gasteiger partial charge in [-0.15, -0.1) is 0 Å². The zero-order chi connectivity index (χ0) is 13.0. The first-order valence-electron chi connectivity index (χ1n) is 6.89. The molecule has 1 fully saturated rings. The third-order valence-electron chi connectivity index (χ3n) is 3.89. The zero-order valence-corrected chi connectivity index (χ0v) is 11.4. The van der Waals surface area contributed by atoms with Gasteiger partial charge in [0.05, 0.1) is 0 Å². The number of anilines is 1. The molecule has 0 spiro atoms. The third-order valence-corrected chi connectivity index (χ3v) is 3.89. The van der Waals surface area contributed by atoms with Crippen LogP contribution in [-0.2, 0) is 4.74 Å². The van der Waals surface area contributed by atoms with E-state index in [1.807, 2.05) is 0 Å². The summed E-state index contributed by atoms with van der Waals surface area (Å²) in [6.45, 7) is 3.88. The van der Waals surface area contributed by atoms with E-state index in [-0.39, 0.29) is 6.04 Å². The molecule has 0 aliphatic carbocycles.